The number of carbonyl (C=O) groups excluding carboxylic acids is 1. The van der Waals surface area contributed by atoms with Crippen LogP contribution in [-0.4, -0.2) is 35.1 Å². The summed E-state index contributed by atoms with van der Waals surface area (Å²) in [5.74, 6) is 0.0278. The summed E-state index contributed by atoms with van der Waals surface area (Å²) in [5, 5.41) is 9.59. The zero-order valence-electron chi connectivity index (χ0n) is 11.2. The lowest BCUT2D eigenvalue weighted by Crippen LogP contribution is -2.45. The van der Waals surface area contributed by atoms with Crippen LogP contribution in [0.2, 0.25) is 5.02 Å². The van der Waals surface area contributed by atoms with Crippen LogP contribution in [0.25, 0.3) is 0 Å². The molecule has 1 aliphatic carbocycles. The van der Waals surface area contributed by atoms with Gasteiger partial charge in [0.25, 0.3) is 5.91 Å². The molecule has 0 radical (unpaired) electrons. The minimum Gasteiger partial charge on any atom is -0.396 e. The van der Waals surface area contributed by atoms with Crippen LogP contribution in [0.15, 0.2) is 18.2 Å². The van der Waals surface area contributed by atoms with E-state index in [9.17, 15) is 4.79 Å². The number of nitrogens with zero attached hydrogens (tertiary/aromatic N) is 1. The molecule has 1 saturated carbocycles. The van der Waals surface area contributed by atoms with Crippen molar-refractivity contribution in [2.45, 2.75) is 38.6 Å². The molecule has 0 atom stereocenters. The van der Waals surface area contributed by atoms with E-state index >= 15 is 0 Å². The third kappa shape index (κ3) is 3.28. The van der Waals surface area contributed by atoms with Crippen LogP contribution >= 0.6 is 11.6 Å². The van der Waals surface area contributed by atoms with Crippen molar-refractivity contribution in [3.8, 4) is 0 Å². The van der Waals surface area contributed by atoms with E-state index in [0.29, 0.717) is 29.6 Å². The van der Waals surface area contributed by atoms with Gasteiger partial charge in [-0.3, -0.25) is 4.79 Å². The van der Waals surface area contributed by atoms with Gasteiger partial charge in [0.05, 0.1) is 0 Å². The number of hydrogen-bond donors (Lipinski definition) is 1. The van der Waals surface area contributed by atoms with Crippen LogP contribution in [0, 0.1) is 6.92 Å². The van der Waals surface area contributed by atoms with E-state index in [4.69, 9.17) is 16.7 Å². The predicted octanol–water partition coefficient (Wildman–Crippen LogP) is 3.03. The van der Waals surface area contributed by atoms with E-state index in [1.807, 2.05) is 24.0 Å². The Hall–Kier alpha value is -1.06. The molecule has 0 aromatic heterocycles. The number of carbonyl (C=O) groups is 1. The Labute approximate surface area is 119 Å². The Kier molecular flexibility index (Phi) is 4.83. The minimum atomic E-state index is 0.0278. The highest BCUT2D eigenvalue weighted by atomic mass is 35.5. The zero-order valence-corrected chi connectivity index (χ0v) is 12.0. The first kappa shape index (κ1) is 14.4. The molecule has 1 aliphatic rings. The van der Waals surface area contributed by atoms with Crippen molar-refractivity contribution < 1.29 is 9.90 Å². The Morgan fingerprint density at radius 3 is 2.74 bits per heavy atom. The Balaban J connectivity index is 2.15. The van der Waals surface area contributed by atoms with Gasteiger partial charge >= 0.3 is 0 Å². The molecule has 1 aromatic carbocycles. The SMILES string of the molecule is Cc1ccc(C(=O)N(CCCO)C2CCC2)cc1Cl. The lowest BCUT2D eigenvalue weighted by Gasteiger charge is -2.37. The molecule has 0 saturated heterocycles. The maximum Gasteiger partial charge on any atom is 0.254 e. The molecular weight excluding hydrogens is 262 g/mol. The monoisotopic (exact) mass is 281 g/mol. The van der Waals surface area contributed by atoms with Crippen LogP contribution in [0.5, 0.6) is 0 Å². The van der Waals surface area contributed by atoms with E-state index in [1.54, 1.807) is 6.07 Å². The second kappa shape index (κ2) is 6.40. The topological polar surface area (TPSA) is 40.5 Å². The zero-order chi connectivity index (χ0) is 13.8. The first-order chi connectivity index (χ1) is 9.13. The number of rotatable bonds is 5. The van der Waals surface area contributed by atoms with Crippen molar-refractivity contribution in [1.82, 2.24) is 4.90 Å². The molecule has 2 rings (SSSR count). The highest BCUT2D eigenvalue weighted by Crippen LogP contribution is 2.27. The van der Waals surface area contributed by atoms with E-state index in [1.165, 1.54) is 6.42 Å². The largest absolute Gasteiger partial charge is 0.396 e. The fraction of sp³-hybridized carbons (Fsp3) is 0.533. The van der Waals surface area contributed by atoms with E-state index in [0.717, 1.165) is 18.4 Å². The lowest BCUT2D eigenvalue weighted by atomic mass is 9.90. The summed E-state index contributed by atoms with van der Waals surface area (Å²) in [7, 11) is 0. The summed E-state index contributed by atoms with van der Waals surface area (Å²) in [4.78, 5) is 14.4. The van der Waals surface area contributed by atoms with E-state index < -0.39 is 0 Å². The van der Waals surface area contributed by atoms with Gasteiger partial charge in [0.15, 0.2) is 0 Å². The second-order valence-electron chi connectivity index (χ2n) is 5.12. The van der Waals surface area contributed by atoms with Crippen LogP contribution < -0.4 is 0 Å². The van der Waals surface area contributed by atoms with Crippen molar-refractivity contribution >= 4 is 17.5 Å². The minimum absolute atomic E-state index is 0.0278. The summed E-state index contributed by atoms with van der Waals surface area (Å²) in [6.07, 6.45) is 3.94. The van der Waals surface area contributed by atoms with Gasteiger partial charge in [-0.2, -0.15) is 0 Å². The third-order valence-corrected chi connectivity index (χ3v) is 4.16. The van der Waals surface area contributed by atoms with Crippen molar-refractivity contribution in [2.24, 2.45) is 0 Å². The molecule has 1 aromatic rings. The van der Waals surface area contributed by atoms with E-state index in [-0.39, 0.29) is 12.5 Å². The molecule has 1 N–H and O–H groups in total. The number of benzene rings is 1. The maximum absolute atomic E-state index is 12.5. The Morgan fingerprint density at radius 2 is 2.21 bits per heavy atom. The number of halogens is 1. The van der Waals surface area contributed by atoms with Crippen molar-refractivity contribution in [1.29, 1.82) is 0 Å². The fourth-order valence-electron chi connectivity index (χ4n) is 2.28. The molecule has 0 bridgehead atoms. The smallest absolute Gasteiger partial charge is 0.254 e. The first-order valence-corrected chi connectivity index (χ1v) is 7.19. The molecule has 0 unspecified atom stereocenters. The van der Waals surface area contributed by atoms with Gasteiger partial charge in [-0.25, -0.2) is 0 Å². The molecule has 1 fully saturated rings. The first-order valence-electron chi connectivity index (χ1n) is 6.81. The van der Waals surface area contributed by atoms with Gasteiger partial charge in [-0.1, -0.05) is 17.7 Å². The second-order valence-corrected chi connectivity index (χ2v) is 5.53. The standard InChI is InChI=1S/C15H20ClNO2/c1-11-6-7-12(10-14(11)16)15(19)17(8-3-9-18)13-4-2-5-13/h6-7,10,13,18H,2-5,8-9H2,1H3. The van der Waals surface area contributed by atoms with Crippen molar-refractivity contribution in [3.05, 3.63) is 34.3 Å². The van der Waals surface area contributed by atoms with Crippen LogP contribution in [0.3, 0.4) is 0 Å². The summed E-state index contributed by atoms with van der Waals surface area (Å²) in [5.41, 5.74) is 1.62. The lowest BCUT2D eigenvalue weighted by molar-refractivity contribution is 0.0562. The Bertz CT molecular complexity index is 457. The Morgan fingerprint density at radius 1 is 1.47 bits per heavy atom. The molecule has 3 nitrogen and oxygen atoms in total. The molecule has 0 aliphatic heterocycles. The molecule has 0 heterocycles. The summed E-state index contributed by atoms with van der Waals surface area (Å²) >= 11 is 6.08. The van der Waals surface area contributed by atoms with Gasteiger partial charge in [-0.05, 0) is 50.3 Å². The number of aliphatic hydroxyl groups is 1. The molecule has 0 spiro atoms. The van der Waals surface area contributed by atoms with Crippen LogP contribution in [0.4, 0.5) is 0 Å². The van der Waals surface area contributed by atoms with Crippen LogP contribution in [0.1, 0.15) is 41.6 Å². The van der Waals surface area contributed by atoms with Crippen molar-refractivity contribution in [3.63, 3.8) is 0 Å². The number of aliphatic hydroxyl groups excluding tert-OH is 1. The van der Waals surface area contributed by atoms with Gasteiger partial charge in [-0.15, -0.1) is 0 Å². The van der Waals surface area contributed by atoms with E-state index in [2.05, 4.69) is 0 Å². The van der Waals surface area contributed by atoms with Crippen LogP contribution in [-0.2, 0) is 0 Å². The fourth-order valence-corrected chi connectivity index (χ4v) is 2.46. The van der Waals surface area contributed by atoms with Gasteiger partial charge in [0.2, 0.25) is 0 Å². The number of hydrogen-bond acceptors (Lipinski definition) is 2. The number of amides is 1. The van der Waals surface area contributed by atoms with Gasteiger partial charge < -0.3 is 10.0 Å². The average Bonchev–Trinajstić information content (AvgIpc) is 2.34. The van der Waals surface area contributed by atoms with Gasteiger partial charge in [0, 0.05) is 29.8 Å². The molecule has 104 valence electrons. The summed E-state index contributed by atoms with van der Waals surface area (Å²) < 4.78 is 0. The van der Waals surface area contributed by atoms with Gasteiger partial charge in [0.1, 0.15) is 0 Å². The summed E-state index contributed by atoms with van der Waals surface area (Å²) in [6, 6.07) is 5.78. The molecule has 1 amide bonds. The normalized spacial score (nSPS) is 15.1. The molecule has 4 heteroatoms. The third-order valence-electron chi connectivity index (χ3n) is 3.75. The molecular formula is C15H20ClNO2. The molecule has 19 heavy (non-hydrogen) atoms. The summed E-state index contributed by atoms with van der Waals surface area (Å²) in [6.45, 7) is 2.66. The average molecular weight is 282 g/mol. The quantitative estimate of drug-likeness (QED) is 0.901. The highest BCUT2D eigenvalue weighted by molar-refractivity contribution is 6.31. The van der Waals surface area contributed by atoms with Crippen molar-refractivity contribution in [2.75, 3.05) is 13.2 Å². The number of aryl methyl sites for hydroxylation is 1. The predicted molar refractivity (Wildman–Crippen MR) is 76.6 cm³/mol. The highest BCUT2D eigenvalue weighted by Gasteiger charge is 2.29. The maximum atomic E-state index is 12.5.